The van der Waals surface area contributed by atoms with Crippen LogP contribution in [0.2, 0.25) is 0 Å². The number of hydrogen-bond acceptors (Lipinski definition) is 1. The van der Waals surface area contributed by atoms with E-state index >= 15 is 0 Å². The van der Waals surface area contributed by atoms with Crippen molar-refractivity contribution < 1.29 is 0 Å². The highest BCUT2D eigenvalue weighted by Crippen LogP contribution is 2.37. The average Bonchev–Trinajstić information content (AvgIpc) is 3.07. The van der Waals surface area contributed by atoms with Crippen LogP contribution in [0, 0.1) is 0 Å². The number of hydrogen-bond donors (Lipinski definition) is 2. The van der Waals surface area contributed by atoms with Crippen molar-refractivity contribution in [3.05, 3.63) is 95.7 Å². The molecule has 0 radical (unpaired) electrons. The second kappa shape index (κ2) is 6.23. The molecule has 3 aromatic carbocycles. The second-order valence-electron chi connectivity index (χ2n) is 6.77. The van der Waals surface area contributed by atoms with Gasteiger partial charge >= 0.3 is 0 Å². The molecule has 2 nitrogen and oxygen atoms in total. The first-order chi connectivity index (χ1) is 12.9. The van der Waals surface area contributed by atoms with Crippen molar-refractivity contribution in [2.75, 3.05) is 5.32 Å². The molecule has 5 rings (SSSR count). The Labute approximate surface area is 153 Å². The number of benzene rings is 3. The molecule has 1 aliphatic rings. The van der Waals surface area contributed by atoms with E-state index in [2.05, 4.69) is 89.2 Å². The van der Waals surface area contributed by atoms with Gasteiger partial charge in [-0.15, -0.1) is 0 Å². The number of H-pyrrole nitrogens is 1. The van der Waals surface area contributed by atoms with Crippen LogP contribution in [-0.4, -0.2) is 4.98 Å². The van der Waals surface area contributed by atoms with Gasteiger partial charge in [-0.05, 0) is 48.8 Å². The van der Waals surface area contributed by atoms with Crippen LogP contribution in [0.4, 0.5) is 11.4 Å². The number of allylic oxidation sites excluding steroid dienone is 1. The Bertz CT molecular complexity index is 1100. The zero-order valence-corrected chi connectivity index (χ0v) is 14.5. The number of anilines is 2. The van der Waals surface area contributed by atoms with Gasteiger partial charge in [-0.2, -0.15) is 0 Å². The third kappa shape index (κ3) is 2.60. The Balaban J connectivity index is 1.59. The van der Waals surface area contributed by atoms with Crippen LogP contribution in [0.5, 0.6) is 0 Å². The van der Waals surface area contributed by atoms with Crippen molar-refractivity contribution in [2.24, 2.45) is 0 Å². The highest BCUT2D eigenvalue weighted by Gasteiger charge is 2.18. The van der Waals surface area contributed by atoms with Gasteiger partial charge in [0, 0.05) is 39.1 Å². The quantitative estimate of drug-likeness (QED) is 0.445. The Morgan fingerprint density at radius 3 is 2.42 bits per heavy atom. The molecule has 2 heteroatoms. The molecule has 1 aromatic heterocycles. The standard InChI is InChI=1S/C24H20N2/c1-2-8-18(9-3-1)25-22-12-6-4-10-19(22)17-14-15-24-21(16-17)20-11-5-7-13-23(20)26-24/h1-13,16,25-26H,14-15H2. The molecule has 1 aliphatic carbocycles. The molecular formula is C24H20N2. The minimum atomic E-state index is 1.05. The first kappa shape index (κ1) is 15.0. The minimum absolute atomic E-state index is 1.05. The fraction of sp³-hybridized carbons (Fsp3) is 0.0833. The molecule has 0 fully saturated rings. The van der Waals surface area contributed by atoms with Crippen LogP contribution in [0.3, 0.4) is 0 Å². The lowest BCUT2D eigenvalue weighted by molar-refractivity contribution is 0.964. The Morgan fingerprint density at radius 1 is 0.731 bits per heavy atom. The summed E-state index contributed by atoms with van der Waals surface area (Å²) >= 11 is 0. The molecule has 0 saturated heterocycles. The maximum Gasteiger partial charge on any atom is 0.0462 e. The third-order valence-electron chi connectivity index (χ3n) is 5.12. The zero-order chi connectivity index (χ0) is 17.3. The molecule has 0 bridgehead atoms. The van der Waals surface area contributed by atoms with Crippen molar-refractivity contribution in [3.63, 3.8) is 0 Å². The number of para-hydroxylation sites is 3. The average molecular weight is 336 g/mol. The zero-order valence-electron chi connectivity index (χ0n) is 14.5. The maximum absolute atomic E-state index is 3.58. The largest absolute Gasteiger partial charge is 0.358 e. The van der Waals surface area contributed by atoms with Crippen molar-refractivity contribution in [3.8, 4) is 0 Å². The number of aromatic nitrogens is 1. The van der Waals surface area contributed by atoms with Crippen molar-refractivity contribution in [1.29, 1.82) is 0 Å². The van der Waals surface area contributed by atoms with E-state index in [9.17, 15) is 0 Å². The summed E-state index contributed by atoms with van der Waals surface area (Å²) in [5, 5.41) is 4.89. The van der Waals surface area contributed by atoms with Gasteiger partial charge in [-0.25, -0.2) is 0 Å². The lowest BCUT2D eigenvalue weighted by Crippen LogP contribution is -2.01. The Morgan fingerprint density at radius 2 is 1.50 bits per heavy atom. The summed E-state index contributed by atoms with van der Waals surface area (Å²) in [6, 6.07) is 27.5. The van der Waals surface area contributed by atoms with E-state index in [-0.39, 0.29) is 0 Å². The van der Waals surface area contributed by atoms with Crippen molar-refractivity contribution >= 4 is 33.9 Å². The molecule has 0 atom stereocenters. The molecule has 1 heterocycles. The number of aromatic amines is 1. The number of rotatable bonds is 3. The molecule has 0 amide bonds. The third-order valence-corrected chi connectivity index (χ3v) is 5.12. The molecule has 0 unspecified atom stereocenters. The highest BCUT2D eigenvalue weighted by molar-refractivity contribution is 5.99. The van der Waals surface area contributed by atoms with Gasteiger partial charge in [0.15, 0.2) is 0 Å². The highest BCUT2D eigenvalue weighted by atomic mass is 14.9. The Hall–Kier alpha value is -3.26. The van der Waals surface area contributed by atoms with Gasteiger partial charge < -0.3 is 10.3 Å². The van der Waals surface area contributed by atoms with E-state index in [0.29, 0.717) is 0 Å². The molecule has 26 heavy (non-hydrogen) atoms. The van der Waals surface area contributed by atoms with Gasteiger partial charge in [-0.3, -0.25) is 0 Å². The van der Waals surface area contributed by atoms with Crippen LogP contribution >= 0.6 is 0 Å². The molecule has 2 N–H and O–H groups in total. The summed E-state index contributed by atoms with van der Waals surface area (Å²) < 4.78 is 0. The summed E-state index contributed by atoms with van der Waals surface area (Å²) in [7, 11) is 0. The van der Waals surface area contributed by atoms with Gasteiger partial charge in [0.1, 0.15) is 0 Å². The molecule has 0 spiro atoms. The summed E-state index contributed by atoms with van der Waals surface area (Å²) in [5.41, 5.74) is 8.87. The second-order valence-corrected chi connectivity index (χ2v) is 6.77. The summed E-state index contributed by atoms with van der Waals surface area (Å²) in [4.78, 5) is 3.58. The fourth-order valence-corrected chi connectivity index (χ4v) is 3.85. The van der Waals surface area contributed by atoms with E-state index in [1.165, 1.54) is 33.3 Å². The normalized spacial score (nSPS) is 13.3. The van der Waals surface area contributed by atoms with Crippen molar-refractivity contribution in [1.82, 2.24) is 4.98 Å². The molecular weight excluding hydrogens is 316 g/mol. The Kier molecular flexibility index (Phi) is 3.60. The van der Waals surface area contributed by atoms with Gasteiger partial charge in [0.05, 0.1) is 0 Å². The van der Waals surface area contributed by atoms with Gasteiger partial charge in [0.2, 0.25) is 0 Å². The van der Waals surface area contributed by atoms with Crippen LogP contribution in [0.1, 0.15) is 23.2 Å². The van der Waals surface area contributed by atoms with Crippen LogP contribution < -0.4 is 5.32 Å². The van der Waals surface area contributed by atoms with E-state index in [1.807, 2.05) is 6.07 Å². The first-order valence-electron chi connectivity index (χ1n) is 9.10. The van der Waals surface area contributed by atoms with Crippen LogP contribution in [0.25, 0.3) is 22.6 Å². The van der Waals surface area contributed by atoms with Gasteiger partial charge in [-0.1, -0.05) is 54.6 Å². The predicted octanol–water partition coefficient (Wildman–Crippen LogP) is 6.40. The van der Waals surface area contributed by atoms with E-state index < -0.39 is 0 Å². The molecule has 0 aliphatic heterocycles. The van der Waals surface area contributed by atoms with E-state index in [4.69, 9.17) is 0 Å². The molecule has 0 saturated carbocycles. The smallest absolute Gasteiger partial charge is 0.0462 e. The fourth-order valence-electron chi connectivity index (χ4n) is 3.85. The minimum Gasteiger partial charge on any atom is -0.358 e. The monoisotopic (exact) mass is 336 g/mol. The number of aryl methyl sites for hydroxylation is 1. The lowest BCUT2D eigenvalue weighted by atomic mass is 9.90. The van der Waals surface area contributed by atoms with Gasteiger partial charge in [0.25, 0.3) is 0 Å². The lowest BCUT2D eigenvalue weighted by Gasteiger charge is -2.18. The molecule has 126 valence electrons. The number of fused-ring (bicyclic) bond motifs is 3. The summed E-state index contributed by atoms with van der Waals surface area (Å²) in [5.74, 6) is 0. The first-order valence-corrected chi connectivity index (χ1v) is 9.10. The van der Waals surface area contributed by atoms with Crippen LogP contribution in [0.15, 0.2) is 78.9 Å². The predicted molar refractivity (Wildman–Crippen MR) is 111 cm³/mol. The SMILES string of the molecule is C1=C(c2ccccc2Nc2ccccc2)CCc2[nH]c3ccccc3c21. The van der Waals surface area contributed by atoms with Crippen LogP contribution in [-0.2, 0) is 6.42 Å². The molecule has 4 aromatic rings. The maximum atomic E-state index is 3.58. The van der Waals surface area contributed by atoms with E-state index in [1.54, 1.807) is 0 Å². The topological polar surface area (TPSA) is 27.8 Å². The summed E-state index contributed by atoms with van der Waals surface area (Å²) in [6.45, 7) is 0. The number of nitrogens with one attached hydrogen (secondary N) is 2. The van der Waals surface area contributed by atoms with Crippen molar-refractivity contribution in [2.45, 2.75) is 12.8 Å². The summed E-state index contributed by atoms with van der Waals surface area (Å²) in [6.07, 6.45) is 4.46. The van der Waals surface area contributed by atoms with E-state index in [0.717, 1.165) is 24.2 Å².